The second kappa shape index (κ2) is 7.13. The lowest BCUT2D eigenvalue weighted by molar-refractivity contribution is -0.136. The number of aliphatic imine (C=N–C) groups is 1. The van der Waals surface area contributed by atoms with E-state index in [-0.39, 0.29) is 6.42 Å². The summed E-state index contributed by atoms with van der Waals surface area (Å²) in [6.07, 6.45) is 0.493. The van der Waals surface area contributed by atoms with Gasteiger partial charge in [0.2, 0.25) is 0 Å². The Morgan fingerprint density at radius 1 is 1.33 bits per heavy atom. The number of ether oxygens (including phenoxy) is 1. The van der Waals surface area contributed by atoms with E-state index in [1.54, 1.807) is 0 Å². The smallest absolute Gasteiger partial charge is 0.322 e. The molecule has 0 saturated carbocycles. The van der Waals surface area contributed by atoms with Crippen molar-refractivity contribution >= 4 is 34.6 Å². The van der Waals surface area contributed by atoms with Crippen LogP contribution in [0.5, 0.6) is 6.01 Å². The standard InChI is InChI=1S/C18H15ClN4O3S/c1-26-18-22-21-14-9-20-16(11-4-2-3-5-13(11)19)12-8-10(6-7-15(24)25)27-17(12)23(14)18/h2-5,8H,6-7,9H2,1H3,(H,24,25). The molecule has 0 spiro atoms. The Kier molecular flexibility index (Phi) is 4.67. The molecular formula is C18H15ClN4O3S. The van der Waals surface area contributed by atoms with E-state index in [0.717, 1.165) is 26.7 Å². The summed E-state index contributed by atoms with van der Waals surface area (Å²) in [5, 5.41) is 18.7. The van der Waals surface area contributed by atoms with Crippen LogP contribution in [0.15, 0.2) is 35.3 Å². The second-order valence-corrected chi connectivity index (χ2v) is 7.43. The summed E-state index contributed by atoms with van der Waals surface area (Å²) in [5.74, 6) is -0.178. The first-order chi connectivity index (χ1) is 13.1. The minimum atomic E-state index is -0.832. The van der Waals surface area contributed by atoms with Crippen LogP contribution in [0.3, 0.4) is 0 Å². The molecule has 27 heavy (non-hydrogen) atoms. The number of aliphatic carboxylic acids is 1. The van der Waals surface area contributed by atoms with Gasteiger partial charge in [0.05, 0.1) is 19.2 Å². The Hall–Kier alpha value is -2.71. The number of rotatable bonds is 5. The Morgan fingerprint density at radius 2 is 2.15 bits per heavy atom. The van der Waals surface area contributed by atoms with Crippen molar-refractivity contribution in [3.63, 3.8) is 0 Å². The van der Waals surface area contributed by atoms with Crippen molar-refractivity contribution in [2.75, 3.05) is 7.11 Å². The number of benzene rings is 1. The molecule has 0 amide bonds. The molecule has 0 saturated heterocycles. The van der Waals surface area contributed by atoms with E-state index in [9.17, 15) is 4.79 Å². The highest BCUT2D eigenvalue weighted by atomic mass is 35.5. The molecule has 4 rings (SSSR count). The average Bonchev–Trinajstić information content (AvgIpc) is 3.22. The fourth-order valence-corrected chi connectivity index (χ4v) is 4.37. The van der Waals surface area contributed by atoms with Crippen LogP contribution in [0.1, 0.15) is 28.2 Å². The third-order valence-corrected chi connectivity index (χ3v) is 5.71. The van der Waals surface area contributed by atoms with Gasteiger partial charge in [0, 0.05) is 21.0 Å². The number of methoxy groups -OCH3 is 1. The zero-order valence-corrected chi connectivity index (χ0v) is 15.9. The number of aryl methyl sites for hydroxylation is 1. The van der Waals surface area contributed by atoms with E-state index in [1.807, 2.05) is 34.9 Å². The highest BCUT2D eigenvalue weighted by molar-refractivity contribution is 7.15. The SMILES string of the molecule is COc1nnc2n1-c1sc(CCC(=O)O)cc1C(c1ccccc1Cl)=NC2. The van der Waals surface area contributed by atoms with Gasteiger partial charge in [0.1, 0.15) is 11.5 Å². The van der Waals surface area contributed by atoms with Crippen LogP contribution in [0.25, 0.3) is 5.00 Å². The highest BCUT2D eigenvalue weighted by Gasteiger charge is 2.27. The summed E-state index contributed by atoms with van der Waals surface area (Å²) < 4.78 is 7.19. The predicted molar refractivity (Wildman–Crippen MR) is 103 cm³/mol. The number of fused-ring (bicyclic) bond motifs is 3. The van der Waals surface area contributed by atoms with Crippen molar-refractivity contribution in [2.45, 2.75) is 19.4 Å². The average molecular weight is 403 g/mol. The molecule has 1 aromatic carbocycles. The number of carboxylic acids is 1. The van der Waals surface area contributed by atoms with Gasteiger partial charge in [0.15, 0.2) is 5.82 Å². The molecule has 7 nitrogen and oxygen atoms in total. The fourth-order valence-electron chi connectivity index (χ4n) is 2.98. The third-order valence-electron chi connectivity index (χ3n) is 4.20. The first-order valence-corrected chi connectivity index (χ1v) is 9.41. The maximum atomic E-state index is 11.0. The molecule has 0 atom stereocenters. The number of carbonyl (C=O) groups is 1. The van der Waals surface area contributed by atoms with Crippen LogP contribution in [0.4, 0.5) is 0 Å². The molecular weight excluding hydrogens is 388 g/mol. The van der Waals surface area contributed by atoms with Crippen LogP contribution < -0.4 is 4.74 Å². The molecule has 3 heterocycles. The van der Waals surface area contributed by atoms with Crippen LogP contribution in [0, 0.1) is 0 Å². The van der Waals surface area contributed by atoms with Crippen molar-refractivity contribution in [1.29, 1.82) is 0 Å². The van der Waals surface area contributed by atoms with E-state index in [4.69, 9.17) is 26.4 Å². The summed E-state index contributed by atoms with van der Waals surface area (Å²) >= 11 is 7.90. The number of thiophene rings is 1. The molecule has 138 valence electrons. The number of halogens is 1. The number of hydrogen-bond acceptors (Lipinski definition) is 6. The minimum Gasteiger partial charge on any atom is -0.481 e. The van der Waals surface area contributed by atoms with Gasteiger partial charge in [0.25, 0.3) is 0 Å². The molecule has 1 aliphatic heterocycles. The molecule has 0 radical (unpaired) electrons. The lowest BCUT2D eigenvalue weighted by Crippen LogP contribution is -2.06. The Bertz CT molecular complexity index is 1060. The summed E-state index contributed by atoms with van der Waals surface area (Å²) in [6.45, 7) is 0.336. The number of carboxylic acid groups (broad SMARTS) is 1. The predicted octanol–water partition coefficient (Wildman–Crippen LogP) is 3.36. The van der Waals surface area contributed by atoms with Crippen molar-refractivity contribution in [3.05, 3.63) is 57.2 Å². The fraction of sp³-hybridized carbons (Fsp3) is 0.222. The molecule has 0 fully saturated rings. The maximum absolute atomic E-state index is 11.0. The zero-order chi connectivity index (χ0) is 19.0. The van der Waals surface area contributed by atoms with E-state index < -0.39 is 5.97 Å². The lowest BCUT2D eigenvalue weighted by Gasteiger charge is -2.09. The van der Waals surface area contributed by atoms with Crippen LogP contribution in [-0.2, 0) is 17.8 Å². The topological polar surface area (TPSA) is 89.6 Å². The molecule has 0 aliphatic carbocycles. The number of aromatic nitrogens is 3. The van der Waals surface area contributed by atoms with Crippen LogP contribution in [-0.4, -0.2) is 38.7 Å². The van der Waals surface area contributed by atoms with Crippen molar-refractivity contribution in [1.82, 2.24) is 14.8 Å². The van der Waals surface area contributed by atoms with Gasteiger partial charge in [-0.2, -0.15) is 0 Å². The summed E-state index contributed by atoms with van der Waals surface area (Å²) in [5.41, 5.74) is 2.44. The number of hydrogen-bond donors (Lipinski definition) is 1. The van der Waals surface area contributed by atoms with Gasteiger partial charge in [-0.15, -0.1) is 16.4 Å². The molecule has 2 aromatic heterocycles. The van der Waals surface area contributed by atoms with Crippen molar-refractivity contribution < 1.29 is 14.6 Å². The normalized spacial score (nSPS) is 12.7. The highest BCUT2D eigenvalue weighted by Crippen LogP contribution is 2.36. The van der Waals surface area contributed by atoms with E-state index >= 15 is 0 Å². The quantitative estimate of drug-likeness (QED) is 0.706. The Balaban J connectivity index is 1.89. The summed E-state index contributed by atoms with van der Waals surface area (Å²) in [6, 6.07) is 9.86. The second-order valence-electron chi connectivity index (χ2n) is 5.91. The first-order valence-electron chi connectivity index (χ1n) is 8.21. The molecule has 1 N–H and O–H groups in total. The lowest BCUT2D eigenvalue weighted by atomic mass is 10.0. The van der Waals surface area contributed by atoms with Gasteiger partial charge in [-0.25, -0.2) is 4.57 Å². The van der Waals surface area contributed by atoms with Crippen LogP contribution >= 0.6 is 22.9 Å². The van der Waals surface area contributed by atoms with Gasteiger partial charge >= 0.3 is 12.0 Å². The minimum absolute atomic E-state index is 0.0597. The Labute approximate surface area is 163 Å². The third kappa shape index (κ3) is 3.22. The van der Waals surface area contributed by atoms with Gasteiger partial charge in [-0.3, -0.25) is 9.79 Å². The van der Waals surface area contributed by atoms with Gasteiger partial charge in [-0.1, -0.05) is 34.9 Å². The van der Waals surface area contributed by atoms with E-state index in [0.29, 0.717) is 29.8 Å². The zero-order valence-electron chi connectivity index (χ0n) is 14.3. The molecule has 0 bridgehead atoms. The van der Waals surface area contributed by atoms with Gasteiger partial charge < -0.3 is 9.84 Å². The van der Waals surface area contributed by atoms with Crippen molar-refractivity contribution in [2.24, 2.45) is 4.99 Å². The van der Waals surface area contributed by atoms with E-state index in [1.165, 1.54) is 18.4 Å². The largest absolute Gasteiger partial charge is 0.481 e. The maximum Gasteiger partial charge on any atom is 0.322 e. The molecule has 1 aliphatic rings. The molecule has 3 aromatic rings. The van der Waals surface area contributed by atoms with E-state index in [2.05, 4.69) is 10.2 Å². The first kappa shape index (κ1) is 17.7. The number of nitrogens with zero attached hydrogens (tertiary/aromatic N) is 4. The Morgan fingerprint density at radius 3 is 2.89 bits per heavy atom. The molecule has 9 heteroatoms. The van der Waals surface area contributed by atoms with Crippen LogP contribution in [0.2, 0.25) is 5.02 Å². The van der Waals surface area contributed by atoms with Gasteiger partial charge in [-0.05, 0) is 18.6 Å². The van der Waals surface area contributed by atoms with Crippen molar-refractivity contribution in [3.8, 4) is 11.0 Å². The summed E-state index contributed by atoms with van der Waals surface area (Å²) in [7, 11) is 1.54. The monoisotopic (exact) mass is 402 g/mol. The summed E-state index contributed by atoms with van der Waals surface area (Å²) in [4.78, 5) is 16.6. The molecule has 0 unspecified atom stereocenters.